The molecule has 110 valence electrons. The second kappa shape index (κ2) is 5.45. The van der Waals surface area contributed by atoms with Gasteiger partial charge in [-0.2, -0.15) is 0 Å². The number of rotatable bonds is 3. The molecule has 2 nitrogen and oxygen atoms in total. The third-order valence-electron chi connectivity index (χ3n) is 5.27. The fourth-order valence-corrected chi connectivity index (χ4v) is 4.16. The normalized spacial score (nSPS) is 24.1. The number of hydrogen-bond acceptors (Lipinski definition) is 2. The summed E-state index contributed by atoms with van der Waals surface area (Å²) in [5.41, 5.74) is 8.39. The number of benzene rings is 1. The van der Waals surface area contributed by atoms with Crippen molar-refractivity contribution in [3.8, 4) is 0 Å². The van der Waals surface area contributed by atoms with E-state index in [-0.39, 0.29) is 17.4 Å². The van der Waals surface area contributed by atoms with Gasteiger partial charge >= 0.3 is 0 Å². The van der Waals surface area contributed by atoms with Crippen molar-refractivity contribution in [2.24, 2.45) is 5.73 Å². The Morgan fingerprint density at radius 1 is 1.15 bits per heavy atom. The van der Waals surface area contributed by atoms with Gasteiger partial charge in [0.1, 0.15) is 5.82 Å². The number of nitrogens with zero attached hydrogens (tertiary/aromatic N) is 1. The first kappa shape index (κ1) is 14.0. The summed E-state index contributed by atoms with van der Waals surface area (Å²) in [5.74, 6) is -0.145. The van der Waals surface area contributed by atoms with Crippen molar-refractivity contribution in [1.29, 1.82) is 0 Å². The molecule has 0 aromatic heterocycles. The van der Waals surface area contributed by atoms with Gasteiger partial charge in [-0.1, -0.05) is 30.5 Å². The zero-order valence-electron chi connectivity index (χ0n) is 12.4. The average molecular weight is 276 g/mol. The number of nitrogens with two attached hydrogens (primary N) is 1. The molecular weight excluding hydrogens is 251 g/mol. The second-order valence-corrected chi connectivity index (χ2v) is 6.51. The highest BCUT2D eigenvalue weighted by Gasteiger charge is 2.46. The highest BCUT2D eigenvalue weighted by Crippen LogP contribution is 2.45. The van der Waals surface area contributed by atoms with E-state index in [1.807, 2.05) is 19.1 Å². The molecule has 0 bridgehead atoms. The lowest BCUT2D eigenvalue weighted by Gasteiger charge is -2.43. The van der Waals surface area contributed by atoms with Crippen LogP contribution in [0.2, 0.25) is 0 Å². The predicted octanol–water partition coefficient (Wildman–Crippen LogP) is 3.54. The first-order valence-electron chi connectivity index (χ1n) is 7.90. The standard InChI is InChI=1S/C17H25FN2/c1-13-6-7-15(18)14(12-13)16(19)17(8-2-3-9-17)20-10-4-5-11-20/h6-7,12,16H,2-5,8-11,19H2,1H3. The molecule has 1 atom stereocenters. The van der Waals surface area contributed by atoms with Crippen LogP contribution in [0.1, 0.15) is 55.7 Å². The highest BCUT2D eigenvalue weighted by atomic mass is 19.1. The average Bonchev–Trinajstić information content (AvgIpc) is 3.11. The Hall–Kier alpha value is -0.930. The molecule has 1 unspecified atom stereocenters. The van der Waals surface area contributed by atoms with Gasteiger partial charge in [0, 0.05) is 11.1 Å². The maximum absolute atomic E-state index is 14.2. The Labute approximate surface area is 121 Å². The van der Waals surface area contributed by atoms with Gasteiger partial charge in [0.25, 0.3) is 0 Å². The molecule has 1 aliphatic carbocycles. The summed E-state index contributed by atoms with van der Waals surface area (Å²) in [4.78, 5) is 2.55. The molecule has 2 fully saturated rings. The minimum Gasteiger partial charge on any atom is -0.322 e. The maximum Gasteiger partial charge on any atom is 0.128 e. The Kier molecular flexibility index (Phi) is 3.83. The molecular formula is C17H25FN2. The van der Waals surface area contributed by atoms with E-state index in [0.29, 0.717) is 5.56 Å². The Balaban J connectivity index is 1.96. The Morgan fingerprint density at radius 3 is 2.45 bits per heavy atom. The number of aryl methyl sites for hydroxylation is 1. The molecule has 1 saturated carbocycles. The zero-order valence-corrected chi connectivity index (χ0v) is 12.4. The summed E-state index contributed by atoms with van der Waals surface area (Å²) < 4.78 is 14.2. The van der Waals surface area contributed by atoms with E-state index in [9.17, 15) is 4.39 Å². The van der Waals surface area contributed by atoms with E-state index in [1.54, 1.807) is 6.07 Å². The van der Waals surface area contributed by atoms with E-state index >= 15 is 0 Å². The van der Waals surface area contributed by atoms with Crippen molar-refractivity contribution in [3.63, 3.8) is 0 Å². The third kappa shape index (κ3) is 2.27. The van der Waals surface area contributed by atoms with Crippen LogP contribution in [0.4, 0.5) is 4.39 Å². The van der Waals surface area contributed by atoms with E-state index in [2.05, 4.69) is 4.90 Å². The summed E-state index contributed by atoms with van der Waals surface area (Å²) in [7, 11) is 0. The molecule has 3 heteroatoms. The minimum absolute atomic E-state index is 0.00880. The predicted molar refractivity (Wildman–Crippen MR) is 80.1 cm³/mol. The summed E-state index contributed by atoms with van der Waals surface area (Å²) in [6.07, 6.45) is 7.17. The van der Waals surface area contributed by atoms with Crippen LogP contribution in [0.25, 0.3) is 0 Å². The van der Waals surface area contributed by atoms with E-state index < -0.39 is 0 Å². The van der Waals surface area contributed by atoms with E-state index in [4.69, 9.17) is 5.73 Å². The van der Waals surface area contributed by atoms with E-state index in [1.165, 1.54) is 25.7 Å². The lowest BCUT2D eigenvalue weighted by atomic mass is 9.82. The third-order valence-corrected chi connectivity index (χ3v) is 5.27. The molecule has 0 radical (unpaired) electrons. The Morgan fingerprint density at radius 2 is 1.80 bits per heavy atom. The van der Waals surface area contributed by atoms with Crippen molar-refractivity contribution in [1.82, 2.24) is 4.90 Å². The molecule has 0 amide bonds. The minimum atomic E-state index is -0.206. The van der Waals surface area contributed by atoms with Crippen LogP contribution in [-0.4, -0.2) is 23.5 Å². The van der Waals surface area contributed by atoms with Crippen LogP contribution in [0, 0.1) is 12.7 Å². The van der Waals surface area contributed by atoms with Gasteiger partial charge in [-0.3, -0.25) is 4.90 Å². The fraction of sp³-hybridized carbons (Fsp3) is 0.647. The first-order valence-corrected chi connectivity index (χ1v) is 7.90. The number of halogens is 1. The molecule has 2 aliphatic rings. The topological polar surface area (TPSA) is 29.3 Å². The molecule has 0 spiro atoms. The zero-order chi connectivity index (χ0) is 14.2. The molecule has 2 N–H and O–H groups in total. The maximum atomic E-state index is 14.2. The molecule has 3 rings (SSSR count). The summed E-state index contributed by atoms with van der Waals surface area (Å²) in [5, 5.41) is 0. The van der Waals surface area contributed by atoms with Gasteiger partial charge < -0.3 is 5.73 Å². The van der Waals surface area contributed by atoms with Crippen molar-refractivity contribution in [2.75, 3.05) is 13.1 Å². The van der Waals surface area contributed by atoms with Crippen LogP contribution in [0.15, 0.2) is 18.2 Å². The molecule has 1 saturated heterocycles. The Bertz CT molecular complexity index is 474. The van der Waals surface area contributed by atoms with Crippen LogP contribution < -0.4 is 5.73 Å². The van der Waals surface area contributed by atoms with Crippen molar-refractivity contribution >= 4 is 0 Å². The SMILES string of the molecule is Cc1ccc(F)c(C(N)C2(N3CCCC3)CCCC2)c1. The van der Waals surface area contributed by atoms with Gasteiger partial charge in [-0.15, -0.1) is 0 Å². The van der Waals surface area contributed by atoms with Gasteiger partial charge in [-0.05, 0) is 51.8 Å². The monoisotopic (exact) mass is 276 g/mol. The van der Waals surface area contributed by atoms with Gasteiger partial charge in [0.2, 0.25) is 0 Å². The fourth-order valence-electron chi connectivity index (χ4n) is 4.16. The molecule has 1 aliphatic heterocycles. The van der Waals surface area contributed by atoms with Gasteiger partial charge in [0.05, 0.1) is 6.04 Å². The largest absolute Gasteiger partial charge is 0.322 e. The summed E-state index contributed by atoms with van der Waals surface area (Å²) in [6.45, 7) is 4.26. The van der Waals surface area contributed by atoms with Crippen molar-refractivity contribution < 1.29 is 4.39 Å². The quantitative estimate of drug-likeness (QED) is 0.915. The van der Waals surface area contributed by atoms with Crippen LogP contribution in [0.5, 0.6) is 0 Å². The van der Waals surface area contributed by atoms with Crippen LogP contribution >= 0.6 is 0 Å². The summed E-state index contributed by atoms with van der Waals surface area (Å²) >= 11 is 0. The van der Waals surface area contributed by atoms with Gasteiger partial charge in [-0.25, -0.2) is 4.39 Å². The molecule has 1 heterocycles. The highest BCUT2D eigenvalue weighted by molar-refractivity contribution is 5.30. The smallest absolute Gasteiger partial charge is 0.128 e. The van der Waals surface area contributed by atoms with Crippen LogP contribution in [-0.2, 0) is 0 Å². The van der Waals surface area contributed by atoms with Crippen molar-refractivity contribution in [3.05, 3.63) is 35.1 Å². The van der Waals surface area contributed by atoms with Crippen LogP contribution in [0.3, 0.4) is 0 Å². The number of likely N-dealkylation sites (tertiary alicyclic amines) is 1. The first-order chi connectivity index (χ1) is 9.63. The molecule has 1 aromatic rings. The lowest BCUT2D eigenvalue weighted by molar-refractivity contribution is 0.0908. The summed E-state index contributed by atoms with van der Waals surface area (Å²) in [6, 6.07) is 5.12. The van der Waals surface area contributed by atoms with E-state index in [0.717, 1.165) is 31.5 Å². The van der Waals surface area contributed by atoms with Gasteiger partial charge in [0.15, 0.2) is 0 Å². The number of hydrogen-bond donors (Lipinski definition) is 1. The van der Waals surface area contributed by atoms with Crippen molar-refractivity contribution in [2.45, 2.75) is 57.0 Å². The molecule has 1 aromatic carbocycles. The second-order valence-electron chi connectivity index (χ2n) is 6.51. The molecule has 20 heavy (non-hydrogen) atoms. The lowest BCUT2D eigenvalue weighted by Crippen LogP contribution is -2.52.